The molecule has 1 aliphatic rings. The van der Waals surface area contributed by atoms with Gasteiger partial charge in [0.1, 0.15) is 0 Å². The van der Waals surface area contributed by atoms with E-state index in [-0.39, 0.29) is 17.7 Å². The minimum atomic E-state index is -0.0559. The third-order valence-electron chi connectivity index (χ3n) is 3.80. The summed E-state index contributed by atoms with van der Waals surface area (Å²) in [6.07, 6.45) is 3.11. The molecule has 128 valence electrons. The van der Waals surface area contributed by atoms with Crippen molar-refractivity contribution in [1.82, 2.24) is 10.2 Å². The molecule has 0 bridgehead atoms. The van der Waals surface area contributed by atoms with Crippen molar-refractivity contribution in [3.05, 3.63) is 33.8 Å². The van der Waals surface area contributed by atoms with Crippen molar-refractivity contribution in [3.63, 3.8) is 0 Å². The first-order valence-electron chi connectivity index (χ1n) is 7.80. The number of aromatic nitrogens is 2. The maximum absolute atomic E-state index is 12.4. The number of hydrogen-bond acceptors (Lipinski definition) is 5. The van der Waals surface area contributed by atoms with Crippen LogP contribution in [0.1, 0.15) is 37.7 Å². The average molecular weight is 402 g/mol. The molecule has 1 N–H and O–H groups in total. The number of nitrogens with one attached hydrogen (secondary N) is 1. The lowest BCUT2D eigenvalue weighted by Crippen LogP contribution is -2.14. The van der Waals surface area contributed by atoms with E-state index in [9.17, 15) is 4.79 Å². The predicted molar refractivity (Wildman–Crippen MR) is 101 cm³/mol. The van der Waals surface area contributed by atoms with Crippen LogP contribution in [0.4, 0.5) is 5.13 Å². The highest BCUT2D eigenvalue weighted by atomic mass is 35.5. The number of anilines is 1. The Hall–Kier alpha value is -0.820. The number of unbranched alkanes of at least 4 members (excludes halogenated alkanes) is 1. The van der Waals surface area contributed by atoms with Crippen LogP contribution in [0.5, 0.6) is 0 Å². The topological polar surface area (TPSA) is 54.9 Å². The summed E-state index contributed by atoms with van der Waals surface area (Å²) in [5.74, 6) is 1.13. The van der Waals surface area contributed by atoms with Gasteiger partial charge < -0.3 is 5.32 Å². The fraction of sp³-hybridized carbons (Fsp3) is 0.438. The van der Waals surface area contributed by atoms with E-state index < -0.39 is 0 Å². The zero-order chi connectivity index (χ0) is 17.1. The largest absolute Gasteiger partial charge is 0.300 e. The van der Waals surface area contributed by atoms with Crippen molar-refractivity contribution in [1.29, 1.82) is 0 Å². The van der Waals surface area contributed by atoms with Crippen LogP contribution >= 0.6 is 46.3 Å². The van der Waals surface area contributed by atoms with Crippen LogP contribution in [-0.4, -0.2) is 21.9 Å². The van der Waals surface area contributed by atoms with E-state index in [2.05, 4.69) is 22.4 Å². The molecule has 8 heteroatoms. The second-order valence-corrected chi connectivity index (χ2v) is 8.91. The average Bonchev–Trinajstić information content (AvgIpc) is 3.22. The minimum absolute atomic E-state index is 0.0163. The fourth-order valence-electron chi connectivity index (χ4n) is 2.46. The summed E-state index contributed by atoms with van der Waals surface area (Å²) in [6.45, 7) is 2.16. The number of benzene rings is 1. The molecule has 0 aliphatic heterocycles. The molecule has 0 saturated heterocycles. The molecule has 1 amide bonds. The van der Waals surface area contributed by atoms with Gasteiger partial charge in [0.05, 0.1) is 0 Å². The van der Waals surface area contributed by atoms with Crippen LogP contribution < -0.4 is 5.32 Å². The highest BCUT2D eigenvalue weighted by Gasteiger charge is 2.44. The number of thioether (sulfide) groups is 1. The lowest BCUT2D eigenvalue weighted by Gasteiger charge is -2.03. The van der Waals surface area contributed by atoms with Gasteiger partial charge in [-0.1, -0.05) is 59.6 Å². The maximum Gasteiger partial charge on any atom is 0.229 e. The number of halogens is 2. The third kappa shape index (κ3) is 4.63. The Bertz CT molecular complexity index is 718. The smallest absolute Gasteiger partial charge is 0.229 e. The van der Waals surface area contributed by atoms with Crippen molar-refractivity contribution in [2.24, 2.45) is 5.92 Å². The SMILES string of the molecule is CCCCSc1nnc(NC(=O)C2CC2c2cc(Cl)cc(Cl)c2)s1. The number of nitrogens with zero attached hydrogens (tertiary/aromatic N) is 2. The molecule has 1 aromatic heterocycles. The zero-order valence-corrected chi connectivity index (χ0v) is 16.2. The van der Waals surface area contributed by atoms with Crippen molar-refractivity contribution >= 4 is 57.3 Å². The normalized spacial score (nSPS) is 19.3. The second-order valence-electron chi connectivity index (χ2n) is 5.72. The molecule has 2 atom stereocenters. The maximum atomic E-state index is 12.4. The molecule has 3 rings (SSSR count). The van der Waals surface area contributed by atoms with Crippen LogP contribution in [0.3, 0.4) is 0 Å². The molecule has 0 radical (unpaired) electrons. The summed E-state index contributed by atoms with van der Waals surface area (Å²) in [4.78, 5) is 12.4. The summed E-state index contributed by atoms with van der Waals surface area (Å²) in [7, 11) is 0. The summed E-state index contributed by atoms with van der Waals surface area (Å²) >= 11 is 15.2. The van der Waals surface area contributed by atoms with Gasteiger partial charge >= 0.3 is 0 Å². The third-order valence-corrected chi connectivity index (χ3v) is 6.29. The Kier molecular flexibility index (Phi) is 6.02. The van der Waals surface area contributed by atoms with E-state index >= 15 is 0 Å². The predicted octanol–water partition coefficient (Wildman–Crippen LogP) is 5.48. The number of amides is 1. The van der Waals surface area contributed by atoms with E-state index in [0.29, 0.717) is 15.2 Å². The van der Waals surface area contributed by atoms with E-state index in [1.165, 1.54) is 11.3 Å². The summed E-state index contributed by atoms with van der Waals surface area (Å²) in [6, 6.07) is 5.45. The Balaban J connectivity index is 1.55. The van der Waals surface area contributed by atoms with Gasteiger partial charge in [-0.25, -0.2) is 0 Å². The molecule has 2 aromatic rings. The van der Waals surface area contributed by atoms with Gasteiger partial charge in [-0.15, -0.1) is 10.2 Å². The van der Waals surface area contributed by atoms with E-state index in [4.69, 9.17) is 23.2 Å². The molecule has 1 saturated carbocycles. The first-order valence-corrected chi connectivity index (χ1v) is 10.4. The lowest BCUT2D eigenvalue weighted by molar-refractivity contribution is -0.117. The summed E-state index contributed by atoms with van der Waals surface area (Å²) < 4.78 is 0.896. The number of carbonyl (C=O) groups is 1. The second kappa shape index (κ2) is 8.04. The van der Waals surface area contributed by atoms with Gasteiger partial charge in [-0.2, -0.15) is 0 Å². The van der Waals surface area contributed by atoms with Crippen LogP contribution in [0, 0.1) is 5.92 Å². The molecular weight excluding hydrogens is 385 g/mol. The van der Waals surface area contributed by atoms with Gasteiger partial charge in [0.2, 0.25) is 11.0 Å². The molecule has 4 nitrogen and oxygen atoms in total. The summed E-state index contributed by atoms with van der Waals surface area (Å²) in [5, 5.41) is 12.8. The first kappa shape index (κ1) is 18.0. The van der Waals surface area contributed by atoms with Crippen molar-refractivity contribution in [3.8, 4) is 0 Å². The van der Waals surface area contributed by atoms with Gasteiger partial charge in [-0.05, 0) is 42.5 Å². The van der Waals surface area contributed by atoms with E-state index in [0.717, 1.165) is 34.9 Å². The van der Waals surface area contributed by atoms with Crippen molar-refractivity contribution in [2.45, 2.75) is 36.4 Å². The van der Waals surface area contributed by atoms with Crippen LogP contribution in [0.25, 0.3) is 0 Å². The molecule has 2 unspecified atom stereocenters. The molecule has 0 spiro atoms. The molecular formula is C16H17Cl2N3OS2. The lowest BCUT2D eigenvalue weighted by atomic mass is 10.1. The Morgan fingerprint density at radius 2 is 2.08 bits per heavy atom. The molecule has 1 fully saturated rings. The van der Waals surface area contributed by atoms with Crippen LogP contribution in [0.2, 0.25) is 10.0 Å². The number of hydrogen-bond donors (Lipinski definition) is 1. The van der Waals surface area contributed by atoms with Crippen LogP contribution in [0.15, 0.2) is 22.5 Å². The molecule has 1 heterocycles. The standard InChI is InChI=1S/C16H17Cl2N3OS2/c1-2-3-4-23-16-21-20-15(24-16)19-14(22)13-8-12(13)9-5-10(17)7-11(18)6-9/h5-7,12-13H,2-4,8H2,1H3,(H,19,20,22). The molecule has 24 heavy (non-hydrogen) atoms. The highest BCUT2D eigenvalue weighted by molar-refractivity contribution is 8.01. The Morgan fingerprint density at radius 1 is 1.33 bits per heavy atom. The fourth-order valence-corrected chi connectivity index (χ4v) is 4.91. The summed E-state index contributed by atoms with van der Waals surface area (Å²) in [5.41, 5.74) is 1.01. The highest BCUT2D eigenvalue weighted by Crippen LogP contribution is 2.49. The minimum Gasteiger partial charge on any atom is -0.300 e. The molecule has 1 aromatic carbocycles. The van der Waals surface area contributed by atoms with Crippen molar-refractivity contribution < 1.29 is 4.79 Å². The number of carbonyl (C=O) groups excluding carboxylic acids is 1. The Labute approximate surface area is 159 Å². The van der Waals surface area contributed by atoms with Gasteiger partial charge in [0, 0.05) is 21.7 Å². The van der Waals surface area contributed by atoms with E-state index in [1.54, 1.807) is 17.8 Å². The first-order chi connectivity index (χ1) is 11.6. The van der Waals surface area contributed by atoms with Crippen LogP contribution in [-0.2, 0) is 4.79 Å². The number of rotatable bonds is 7. The van der Waals surface area contributed by atoms with Crippen molar-refractivity contribution in [2.75, 3.05) is 11.1 Å². The van der Waals surface area contributed by atoms with Gasteiger partial charge in [0.25, 0.3) is 0 Å². The zero-order valence-electron chi connectivity index (χ0n) is 13.1. The van der Waals surface area contributed by atoms with E-state index in [1.807, 2.05) is 12.1 Å². The van der Waals surface area contributed by atoms with Gasteiger partial charge in [-0.3, -0.25) is 4.79 Å². The molecule has 1 aliphatic carbocycles. The van der Waals surface area contributed by atoms with Gasteiger partial charge in [0.15, 0.2) is 4.34 Å². The monoisotopic (exact) mass is 401 g/mol. The Morgan fingerprint density at radius 3 is 2.79 bits per heavy atom. The quantitative estimate of drug-likeness (QED) is 0.379.